The summed E-state index contributed by atoms with van der Waals surface area (Å²) in [6, 6.07) is 3.63. The lowest BCUT2D eigenvalue weighted by Gasteiger charge is -2.19. The first-order valence-electron chi connectivity index (χ1n) is 7.80. The lowest BCUT2D eigenvalue weighted by Crippen LogP contribution is -2.31. The van der Waals surface area contributed by atoms with Crippen molar-refractivity contribution in [2.45, 2.75) is 39.5 Å². The summed E-state index contributed by atoms with van der Waals surface area (Å²) in [5, 5.41) is 13.4. The van der Waals surface area contributed by atoms with E-state index in [2.05, 4.69) is 19.2 Å². The van der Waals surface area contributed by atoms with Gasteiger partial charge in [0.25, 0.3) is 0 Å². The summed E-state index contributed by atoms with van der Waals surface area (Å²) < 4.78 is 21.8. The summed E-state index contributed by atoms with van der Waals surface area (Å²) in [6.45, 7) is 6.69. The fraction of sp³-hybridized carbons (Fsp3) is 0.625. The maximum absolute atomic E-state index is 10.2. The molecule has 0 bridgehead atoms. The van der Waals surface area contributed by atoms with Crippen molar-refractivity contribution in [2.75, 3.05) is 26.6 Å². The average Bonchev–Trinajstić information content (AvgIpc) is 3.01. The zero-order chi connectivity index (χ0) is 15.8. The Labute approximate surface area is 131 Å². The van der Waals surface area contributed by atoms with Crippen LogP contribution in [0.5, 0.6) is 17.2 Å². The van der Waals surface area contributed by atoms with E-state index in [1.165, 1.54) is 0 Å². The molecule has 1 heterocycles. The van der Waals surface area contributed by atoms with Gasteiger partial charge in [0.05, 0.1) is 0 Å². The highest BCUT2D eigenvalue weighted by atomic mass is 16.7. The van der Waals surface area contributed by atoms with Crippen LogP contribution in [0.3, 0.4) is 0 Å². The largest absolute Gasteiger partial charge is 0.504 e. The van der Waals surface area contributed by atoms with Crippen LogP contribution in [-0.2, 0) is 16.0 Å². The predicted octanol–water partition coefficient (Wildman–Crippen LogP) is 2.39. The molecule has 2 rings (SSSR count). The molecule has 0 atom stereocenters. The monoisotopic (exact) mass is 311 g/mol. The van der Waals surface area contributed by atoms with Gasteiger partial charge in [-0.3, -0.25) is 0 Å². The van der Waals surface area contributed by atoms with Gasteiger partial charge in [0.1, 0.15) is 0 Å². The van der Waals surface area contributed by atoms with E-state index >= 15 is 0 Å². The zero-order valence-electron chi connectivity index (χ0n) is 13.3. The van der Waals surface area contributed by atoms with Crippen molar-refractivity contribution >= 4 is 0 Å². The van der Waals surface area contributed by atoms with Crippen molar-refractivity contribution in [1.29, 1.82) is 0 Å². The second-order valence-electron chi connectivity index (χ2n) is 5.11. The van der Waals surface area contributed by atoms with Gasteiger partial charge >= 0.3 is 0 Å². The summed E-state index contributed by atoms with van der Waals surface area (Å²) in [4.78, 5) is 0. The molecule has 0 amide bonds. The van der Waals surface area contributed by atoms with Gasteiger partial charge in [0.15, 0.2) is 17.8 Å². The molecule has 0 aromatic heterocycles. The number of hydrogen-bond acceptors (Lipinski definition) is 6. The Bertz CT molecular complexity index is 458. The Morgan fingerprint density at radius 1 is 1.18 bits per heavy atom. The second kappa shape index (κ2) is 8.82. The molecule has 22 heavy (non-hydrogen) atoms. The molecular formula is C16H25NO5. The van der Waals surface area contributed by atoms with E-state index in [4.69, 9.17) is 18.9 Å². The lowest BCUT2D eigenvalue weighted by atomic mass is 10.1. The number of fused-ring (bicyclic) bond motifs is 1. The number of hydrogen-bond donors (Lipinski definition) is 2. The minimum atomic E-state index is -0.268. The normalized spacial score (nSPS) is 13.0. The Morgan fingerprint density at radius 2 is 1.91 bits per heavy atom. The molecule has 2 N–H and O–H groups in total. The Kier molecular flexibility index (Phi) is 6.76. The number of aromatic hydroxyl groups is 1. The highest BCUT2D eigenvalue weighted by Gasteiger charge is 2.20. The fourth-order valence-electron chi connectivity index (χ4n) is 2.13. The van der Waals surface area contributed by atoms with Crippen molar-refractivity contribution in [2.24, 2.45) is 0 Å². The van der Waals surface area contributed by atoms with E-state index < -0.39 is 0 Å². The number of ether oxygens (including phenoxy) is 4. The van der Waals surface area contributed by atoms with Crippen LogP contribution < -0.4 is 14.8 Å². The lowest BCUT2D eigenvalue weighted by molar-refractivity contribution is -0.139. The first-order valence-corrected chi connectivity index (χ1v) is 7.80. The summed E-state index contributed by atoms with van der Waals surface area (Å²) >= 11 is 0. The third kappa shape index (κ3) is 4.50. The molecule has 6 heteroatoms. The third-order valence-corrected chi connectivity index (χ3v) is 3.24. The average molecular weight is 311 g/mol. The number of phenols is 1. The molecule has 1 aromatic carbocycles. The summed E-state index contributed by atoms with van der Waals surface area (Å²) in [6.07, 6.45) is 1.64. The number of rotatable bonds is 10. The van der Waals surface area contributed by atoms with Crippen LogP contribution >= 0.6 is 0 Å². The van der Waals surface area contributed by atoms with Crippen molar-refractivity contribution in [1.82, 2.24) is 5.32 Å². The van der Waals surface area contributed by atoms with E-state index in [1.807, 2.05) is 6.07 Å². The standard InChI is InChI=1S/C16H25NO5/c1-3-7-19-14(20-8-4-2)10-17-9-12-5-6-13-16(15(12)18)22-11-21-13/h5-6,14,17-18H,3-4,7-11H2,1-2H3. The van der Waals surface area contributed by atoms with Gasteiger partial charge in [-0.05, 0) is 18.9 Å². The molecule has 1 aliphatic heterocycles. The van der Waals surface area contributed by atoms with E-state index in [0.717, 1.165) is 18.4 Å². The topological polar surface area (TPSA) is 69.2 Å². The molecule has 124 valence electrons. The van der Waals surface area contributed by atoms with Crippen LogP contribution in [-0.4, -0.2) is 37.9 Å². The smallest absolute Gasteiger partial charge is 0.231 e. The number of nitrogens with one attached hydrogen (secondary N) is 1. The third-order valence-electron chi connectivity index (χ3n) is 3.24. The minimum absolute atomic E-state index is 0.128. The first kappa shape index (κ1) is 16.9. The maximum Gasteiger partial charge on any atom is 0.231 e. The van der Waals surface area contributed by atoms with Crippen LogP contribution in [0.4, 0.5) is 0 Å². The molecule has 0 saturated carbocycles. The first-order chi connectivity index (χ1) is 10.8. The zero-order valence-corrected chi connectivity index (χ0v) is 13.3. The minimum Gasteiger partial charge on any atom is -0.504 e. The van der Waals surface area contributed by atoms with Gasteiger partial charge < -0.3 is 29.4 Å². The summed E-state index contributed by atoms with van der Waals surface area (Å²) in [7, 11) is 0. The second-order valence-corrected chi connectivity index (χ2v) is 5.11. The molecule has 1 aliphatic rings. The van der Waals surface area contributed by atoms with Gasteiger partial charge in [-0.25, -0.2) is 0 Å². The quantitative estimate of drug-likeness (QED) is 0.647. The maximum atomic E-state index is 10.2. The van der Waals surface area contributed by atoms with Crippen molar-refractivity contribution < 1.29 is 24.1 Å². The molecule has 0 aliphatic carbocycles. The van der Waals surface area contributed by atoms with E-state index in [0.29, 0.717) is 37.8 Å². The Morgan fingerprint density at radius 3 is 2.59 bits per heavy atom. The predicted molar refractivity (Wildman–Crippen MR) is 82.2 cm³/mol. The van der Waals surface area contributed by atoms with Crippen molar-refractivity contribution in [3.8, 4) is 17.2 Å². The molecule has 6 nitrogen and oxygen atoms in total. The van der Waals surface area contributed by atoms with Crippen LogP contribution in [0.15, 0.2) is 12.1 Å². The van der Waals surface area contributed by atoms with E-state index in [1.54, 1.807) is 6.07 Å². The van der Waals surface area contributed by atoms with E-state index in [9.17, 15) is 5.11 Å². The fourth-order valence-corrected chi connectivity index (χ4v) is 2.13. The molecule has 0 fully saturated rings. The summed E-state index contributed by atoms with van der Waals surface area (Å²) in [5.74, 6) is 1.13. The van der Waals surface area contributed by atoms with Crippen LogP contribution in [0.2, 0.25) is 0 Å². The van der Waals surface area contributed by atoms with Crippen molar-refractivity contribution in [3.63, 3.8) is 0 Å². The molecular weight excluding hydrogens is 286 g/mol. The van der Waals surface area contributed by atoms with Crippen LogP contribution in [0.25, 0.3) is 0 Å². The van der Waals surface area contributed by atoms with Crippen molar-refractivity contribution in [3.05, 3.63) is 17.7 Å². The number of benzene rings is 1. The number of phenolic OH excluding ortho intramolecular Hbond substituents is 1. The summed E-state index contributed by atoms with van der Waals surface area (Å²) in [5.41, 5.74) is 0.758. The van der Waals surface area contributed by atoms with Gasteiger partial charge in [0, 0.05) is 31.9 Å². The molecule has 0 saturated heterocycles. The highest BCUT2D eigenvalue weighted by molar-refractivity contribution is 5.55. The Balaban J connectivity index is 1.83. The SMILES string of the molecule is CCCOC(CNCc1ccc2c(c1O)OCO2)OCCC. The van der Waals surface area contributed by atoms with Crippen LogP contribution in [0, 0.1) is 0 Å². The van der Waals surface area contributed by atoms with Gasteiger partial charge in [-0.1, -0.05) is 19.9 Å². The highest BCUT2D eigenvalue weighted by Crippen LogP contribution is 2.42. The molecule has 0 unspecified atom stereocenters. The van der Waals surface area contributed by atoms with Gasteiger partial charge in [-0.15, -0.1) is 0 Å². The molecule has 0 spiro atoms. The van der Waals surface area contributed by atoms with E-state index in [-0.39, 0.29) is 18.8 Å². The molecule has 1 aromatic rings. The van der Waals surface area contributed by atoms with Gasteiger partial charge in [0.2, 0.25) is 12.5 Å². The van der Waals surface area contributed by atoms with Crippen LogP contribution in [0.1, 0.15) is 32.3 Å². The van der Waals surface area contributed by atoms with Gasteiger partial charge in [-0.2, -0.15) is 0 Å². The Hall–Kier alpha value is -1.50. The molecule has 0 radical (unpaired) electrons.